The van der Waals surface area contributed by atoms with Crippen LogP contribution in [0.5, 0.6) is 0 Å². The van der Waals surface area contributed by atoms with E-state index in [1.807, 2.05) is 11.3 Å². The van der Waals surface area contributed by atoms with E-state index in [1.54, 1.807) is 0 Å². The van der Waals surface area contributed by atoms with Gasteiger partial charge in [-0.25, -0.2) is 0 Å². The van der Waals surface area contributed by atoms with Gasteiger partial charge in [-0.1, -0.05) is 13.8 Å². The van der Waals surface area contributed by atoms with Gasteiger partial charge in [0.2, 0.25) is 5.89 Å². The summed E-state index contributed by atoms with van der Waals surface area (Å²) in [5.41, 5.74) is 1.50. The summed E-state index contributed by atoms with van der Waals surface area (Å²) >= 11 is 1.84. The minimum Gasteiger partial charge on any atom is -0.419 e. The number of piperidine rings is 1. The summed E-state index contributed by atoms with van der Waals surface area (Å²) in [6, 6.07) is 2.27. The first-order chi connectivity index (χ1) is 11.2. The number of fused-ring (bicyclic) bond motifs is 1. The topological polar surface area (TPSA) is 42.2 Å². The maximum atomic E-state index is 5.97. The molecule has 0 N–H and O–H groups in total. The Morgan fingerprint density at radius 2 is 1.96 bits per heavy atom. The average Bonchev–Trinajstić information content (AvgIpc) is 3.12. The van der Waals surface area contributed by atoms with Crippen molar-refractivity contribution in [1.29, 1.82) is 0 Å². The molecule has 0 radical (unpaired) electrons. The Labute approximate surface area is 141 Å². The van der Waals surface area contributed by atoms with Crippen molar-refractivity contribution in [2.75, 3.05) is 13.1 Å². The lowest BCUT2D eigenvalue weighted by Gasteiger charge is -2.33. The Morgan fingerprint density at radius 1 is 1.17 bits per heavy atom. The van der Waals surface area contributed by atoms with E-state index in [0.29, 0.717) is 5.89 Å². The van der Waals surface area contributed by atoms with Gasteiger partial charge in [0.1, 0.15) is 0 Å². The van der Waals surface area contributed by atoms with E-state index in [9.17, 15) is 0 Å². The Hall–Kier alpha value is -1.20. The van der Waals surface area contributed by atoms with E-state index in [1.165, 1.54) is 42.5 Å². The molecule has 2 aromatic rings. The van der Waals surface area contributed by atoms with Crippen LogP contribution < -0.4 is 0 Å². The van der Waals surface area contributed by atoms with Gasteiger partial charge >= 0.3 is 0 Å². The zero-order chi connectivity index (χ0) is 15.8. The van der Waals surface area contributed by atoms with E-state index in [2.05, 4.69) is 35.0 Å². The van der Waals surface area contributed by atoms with E-state index in [-0.39, 0.29) is 0 Å². The normalized spacial score (nSPS) is 25.5. The number of hydrogen-bond acceptors (Lipinski definition) is 5. The van der Waals surface area contributed by atoms with Crippen molar-refractivity contribution in [2.24, 2.45) is 11.8 Å². The summed E-state index contributed by atoms with van der Waals surface area (Å²) in [7, 11) is 0. The largest absolute Gasteiger partial charge is 0.419 e. The maximum absolute atomic E-state index is 5.97. The van der Waals surface area contributed by atoms with E-state index >= 15 is 0 Å². The predicted octanol–water partition coefficient (Wildman–Crippen LogP) is 4.15. The van der Waals surface area contributed by atoms with Crippen molar-refractivity contribution in [2.45, 2.75) is 52.5 Å². The molecule has 4 rings (SSSR count). The van der Waals surface area contributed by atoms with Crippen LogP contribution in [0.3, 0.4) is 0 Å². The molecule has 4 nitrogen and oxygen atoms in total. The Kier molecular flexibility index (Phi) is 4.24. The molecule has 0 spiro atoms. The molecule has 0 saturated carbocycles. The molecule has 2 aliphatic rings. The van der Waals surface area contributed by atoms with Crippen LogP contribution in [0, 0.1) is 11.8 Å². The van der Waals surface area contributed by atoms with Crippen LogP contribution in [0.1, 0.15) is 49.4 Å². The monoisotopic (exact) mass is 331 g/mol. The maximum Gasteiger partial charge on any atom is 0.257 e. The molecule has 3 heterocycles. The van der Waals surface area contributed by atoms with Crippen molar-refractivity contribution in [3.63, 3.8) is 0 Å². The molecule has 124 valence electrons. The van der Waals surface area contributed by atoms with Gasteiger partial charge in [-0.3, -0.25) is 4.90 Å². The lowest BCUT2D eigenvalue weighted by Crippen LogP contribution is -2.38. The highest BCUT2D eigenvalue weighted by Gasteiger charge is 2.24. The smallest absolute Gasteiger partial charge is 0.257 e. The van der Waals surface area contributed by atoms with Gasteiger partial charge in [0, 0.05) is 18.0 Å². The lowest BCUT2D eigenvalue weighted by atomic mass is 9.92. The second kappa shape index (κ2) is 6.36. The van der Waals surface area contributed by atoms with Crippen molar-refractivity contribution in [3.05, 3.63) is 22.4 Å². The third-order valence-corrected chi connectivity index (χ3v) is 6.20. The van der Waals surface area contributed by atoms with Crippen molar-refractivity contribution in [3.8, 4) is 10.8 Å². The first kappa shape index (κ1) is 15.3. The molecule has 0 aromatic carbocycles. The van der Waals surface area contributed by atoms with Gasteiger partial charge in [0.05, 0.1) is 11.4 Å². The van der Waals surface area contributed by atoms with Crippen LogP contribution in [0.2, 0.25) is 0 Å². The number of aromatic nitrogens is 2. The first-order valence-electron chi connectivity index (χ1n) is 8.84. The van der Waals surface area contributed by atoms with Crippen LogP contribution in [0.4, 0.5) is 0 Å². The van der Waals surface area contributed by atoms with Gasteiger partial charge < -0.3 is 4.42 Å². The molecule has 1 aliphatic carbocycles. The van der Waals surface area contributed by atoms with Crippen LogP contribution >= 0.6 is 11.3 Å². The van der Waals surface area contributed by atoms with Gasteiger partial charge in [0.15, 0.2) is 0 Å². The van der Waals surface area contributed by atoms with E-state index in [4.69, 9.17) is 4.42 Å². The molecule has 0 bridgehead atoms. The van der Waals surface area contributed by atoms with Gasteiger partial charge in [0.25, 0.3) is 5.89 Å². The minimum absolute atomic E-state index is 0.706. The van der Waals surface area contributed by atoms with Gasteiger partial charge in [-0.2, -0.15) is 0 Å². The highest BCUT2D eigenvalue weighted by molar-refractivity contribution is 7.15. The zero-order valence-electron chi connectivity index (χ0n) is 14.0. The molecule has 1 fully saturated rings. The molecule has 23 heavy (non-hydrogen) atoms. The minimum atomic E-state index is 0.706. The quantitative estimate of drug-likeness (QED) is 0.847. The fraction of sp³-hybridized carbons (Fsp3) is 0.667. The molecule has 2 aromatic heterocycles. The molecule has 1 aliphatic heterocycles. The third kappa shape index (κ3) is 3.36. The van der Waals surface area contributed by atoms with E-state index in [0.717, 1.165) is 42.2 Å². The summed E-state index contributed by atoms with van der Waals surface area (Å²) in [6.07, 6.45) is 6.37. The highest BCUT2D eigenvalue weighted by Crippen LogP contribution is 2.35. The number of likely N-dealkylation sites (tertiary alicyclic amines) is 1. The highest BCUT2D eigenvalue weighted by atomic mass is 32.1. The van der Waals surface area contributed by atoms with Crippen LogP contribution in [-0.4, -0.2) is 28.2 Å². The fourth-order valence-corrected chi connectivity index (χ4v) is 5.30. The van der Waals surface area contributed by atoms with Crippen molar-refractivity contribution in [1.82, 2.24) is 15.1 Å². The molecule has 1 saturated heterocycles. The summed E-state index contributed by atoms with van der Waals surface area (Å²) < 4.78 is 5.97. The molecule has 2 unspecified atom stereocenters. The van der Waals surface area contributed by atoms with Crippen LogP contribution in [0.25, 0.3) is 10.8 Å². The van der Waals surface area contributed by atoms with E-state index < -0.39 is 0 Å². The summed E-state index contributed by atoms with van der Waals surface area (Å²) in [5.74, 6) is 2.97. The second-order valence-electron chi connectivity index (χ2n) is 7.41. The number of rotatable bonds is 3. The standard InChI is InChI=1S/C18H25N3OS/c1-12-7-13(2)10-21(9-12)11-17-19-20-18(22-17)16-8-14-5-3-4-6-15(14)23-16/h8,12-13H,3-7,9-11H2,1-2H3. The lowest BCUT2D eigenvalue weighted by molar-refractivity contribution is 0.124. The Morgan fingerprint density at radius 3 is 2.74 bits per heavy atom. The molecule has 0 amide bonds. The molecular weight excluding hydrogens is 306 g/mol. The zero-order valence-corrected chi connectivity index (χ0v) is 14.9. The Balaban J connectivity index is 1.47. The first-order valence-corrected chi connectivity index (χ1v) is 9.65. The number of nitrogens with zero attached hydrogens (tertiary/aromatic N) is 3. The van der Waals surface area contributed by atoms with Gasteiger partial charge in [-0.15, -0.1) is 21.5 Å². The SMILES string of the molecule is CC1CC(C)CN(Cc2nnc(-c3cc4c(s3)CCCC4)o2)C1. The fourth-order valence-electron chi connectivity index (χ4n) is 4.13. The van der Waals surface area contributed by atoms with Crippen molar-refractivity contribution >= 4 is 11.3 Å². The third-order valence-electron chi connectivity index (χ3n) is 4.98. The summed E-state index contributed by atoms with van der Waals surface area (Å²) in [4.78, 5) is 5.12. The molecule has 5 heteroatoms. The van der Waals surface area contributed by atoms with Gasteiger partial charge in [-0.05, 0) is 55.6 Å². The summed E-state index contributed by atoms with van der Waals surface area (Å²) in [6.45, 7) is 7.72. The number of aryl methyl sites for hydroxylation is 2. The van der Waals surface area contributed by atoms with Crippen LogP contribution in [0.15, 0.2) is 10.5 Å². The Bertz CT molecular complexity index is 644. The summed E-state index contributed by atoms with van der Waals surface area (Å²) in [5, 5.41) is 8.59. The molecule has 2 atom stereocenters. The molecular formula is C18H25N3OS. The van der Waals surface area contributed by atoms with Crippen molar-refractivity contribution < 1.29 is 4.42 Å². The predicted molar refractivity (Wildman–Crippen MR) is 92.5 cm³/mol. The van der Waals surface area contributed by atoms with Crippen LogP contribution in [-0.2, 0) is 19.4 Å². The average molecular weight is 331 g/mol. The number of hydrogen-bond donors (Lipinski definition) is 0. The number of thiophene rings is 1. The second-order valence-corrected chi connectivity index (χ2v) is 8.54.